The average Bonchev–Trinajstić information content (AvgIpc) is 2.47. The van der Waals surface area contributed by atoms with Gasteiger partial charge in [0.1, 0.15) is 0 Å². The lowest BCUT2D eigenvalue weighted by atomic mass is 10.1. The molecule has 0 fully saturated rings. The Balaban J connectivity index is 2.33. The molecule has 0 spiro atoms. The second-order valence-electron chi connectivity index (χ2n) is 4.15. The van der Waals surface area contributed by atoms with Crippen molar-refractivity contribution in [2.24, 2.45) is 0 Å². The third-order valence-corrected chi connectivity index (χ3v) is 2.67. The Morgan fingerprint density at radius 3 is 2.29 bits per heavy atom. The van der Waals surface area contributed by atoms with Gasteiger partial charge in [-0.05, 0) is 18.2 Å². The molecule has 0 heterocycles. The van der Waals surface area contributed by atoms with Crippen molar-refractivity contribution >= 4 is 23.3 Å². The minimum Gasteiger partial charge on any atom is -0.478 e. The molecule has 0 aliphatic rings. The smallest absolute Gasteiger partial charge is 0.336 e. The van der Waals surface area contributed by atoms with Crippen LogP contribution in [0, 0.1) is 10.1 Å². The molecule has 2 aromatic carbocycles. The number of carbonyl (C=O) groups excluding carboxylic acids is 1. The Hall–Kier alpha value is -3.22. The van der Waals surface area contributed by atoms with Crippen molar-refractivity contribution in [1.29, 1.82) is 0 Å². The third kappa shape index (κ3) is 3.41. The number of nitro benzene ring substituents is 1. The standard InChI is InChI=1S/C14H10N2O5/c17-13(9-4-2-1-3-5-9)15-11-6-10(14(18)19)7-12(8-11)16(20)21/h1-8H,(H,15,17)(H,18,19). The van der Waals surface area contributed by atoms with Gasteiger partial charge in [0.15, 0.2) is 0 Å². The number of non-ortho nitro benzene ring substituents is 1. The number of aromatic carboxylic acids is 1. The Morgan fingerprint density at radius 1 is 1.05 bits per heavy atom. The van der Waals surface area contributed by atoms with Gasteiger partial charge in [-0.15, -0.1) is 0 Å². The molecular formula is C14H10N2O5. The van der Waals surface area contributed by atoms with E-state index in [2.05, 4.69) is 5.32 Å². The maximum atomic E-state index is 11.9. The molecule has 1 amide bonds. The Labute approximate surface area is 119 Å². The number of nitrogens with one attached hydrogen (secondary N) is 1. The largest absolute Gasteiger partial charge is 0.478 e. The molecule has 7 heteroatoms. The molecule has 21 heavy (non-hydrogen) atoms. The highest BCUT2D eigenvalue weighted by Crippen LogP contribution is 2.21. The van der Waals surface area contributed by atoms with Crippen LogP contribution in [0.1, 0.15) is 20.7 Å². The molecule has 0 radical (unpaired) electrons. The molecule has 0 saturated heterocycles. The summed E-state index contributed by atoms with van der Waals surface area (Å²) in [4.78, 5) is 33.0. The number of carbonyl (C=O) groups is 2. The van der Waals surface area contributed by atoms with Crippen LogP contribution in [0.25, 0.3) is 0 Å². The number of hydrogen-bond acceptors (Lipinski definition) is 4. The maximum absolute atomic E-state index is 11.9. The van der Waals surface area contributed by atoms with E-state index in [1.54, 1.807) is 30.3 Å². The lowest BCUT2D eigenvalue weighted by molar-refractivity contribution is -0.384. The minimum absolute atomic E-state index is 0.0513. The van der Waals surface area contributed by atoms with Crippen molar-refractivity contribution in [3.8, 4) is 0 Å². The summed E-state index contributed by atoms with van der Waals surface area (Å²) < 4.78 is 0. The first kappa shape index (κ1) is 14.2. The summed E-state index contributed by atoms with van der Waals surface area (Å²) in [7, 11) is 0. The molecule has 0 aromatic heterocycles. The quantitative estimate of drug-likeness (QED) is 0.663. The van der Waals surface area contributed by atoms with Crippen LogP contribution < -0.4 is 5.32 Å². The molecule has 0 aliphatic heterocycles. The van der Waals surface area contributed by atoms with Crippen molar-refractivity contribution < 1.29 is 19.6 Å². The van der Waals surface area contributed by atoms with Crippen LogP contribution in [0.5, 0.6) is 0 Å². The highest BCUT2D eigenvalue weighted by Gasteiger charge is 2.15. The van der Waals surface area contributed by atoms with E-state index in [4.69, 9.17) is 5.11 Å². The molecular weight excluding hydrogens is 276 g/mol. The van der Waals surface area contributed by atoms with Crippen LogP contribution in [-0.4, -0.2) is 21.9 Å². The van der Waals surface area contributed by atoms with Gasteiger partial charge >= 0.3 is 5.97 Å². The highest BCUT2D eigenvalue weighted by molar-refractivity contribution is 6.05. The van der Waals surface area contributed by atoms with Gasteiger partial charge in [-0.2, -0.15) is 0 Å². The summed E-state index contributed by atoms with van der Waals surface area (Å²) in [6, 6.07) is 11.4. The van der Waals surface area contributed by atoms with Gasteiger partial charge in [0, 0.05) is 23.4 Å². The number of nitrogens with zero attached hydrogens (tertiary/aromatic N) is 1. The van der Waals surface area contributed by atoms with E-state index in [-0.39, 0.29) is 11.3 Å². The number of carboxylic acid groups (broad SMARTS) is 1. The zero-order chi connectivity index (χ0) is 15.4. The molecule has 2 rings (SSSR count). The number of nitro groups is 1. The second-order valence-corrected chi connectivity index (χ2v) is 4.15. The fourth-order valence-electron chi connectivity index (χ4n) is 1.71. The fourth-order valence-corrected chi connectivity index (χ4v) is 1.71. The van der Waals surface area contributed by atoms with Crippen molar-refractivity contribution in [2.45, 2.75) is 0 Å². The SMILES string of the molecule is O=C(O)c1cc(NC(=O)c2ccccc2)cc([N+](=O)[O-])c1. The van der Waals surface area contributed by atoms with Crippen LogP contribution in [0.4, 0.5) is 11.4 Å². The van der Waals surface area contributed by atoms with Gasteiger partial charge in [0.05, 0.1) is 10.5 Å². The first-order valence-electron chi connectivity index (χ1n) is 5.86. The van der Waals surface area contributed by atoms with E-state index in [9.17, 15) is 19.7 Å². The predicted octanol–water partition coefficient (Wildman–Crippen LogP) is 2.55. The van der Waals surface area contributed by atoms with E-state index < -0.39 is 22.5 Å². The summed E-state index contributed by atoms with van der Waals surface area (Å²) in [6.45, 7) is 0. The van der Waals surface area contributed by atoms with Crippen LogP contribution in [0.2, 0.25) is 0 Å². The first-order chi connectivity index (χ1) is 9.97. The van der Waals surface area contributed by atoms with Crippen molar-refractivity contribution in [3.05, 3.63) is 69.8 Å². The normalized spacial score (nSPS) is 9.90. The monoisotopic (exact) mass is 286 g/mol. The molecule has 0 atom stereocenters. The van der Waals surface area contributed by atoms with E-state index >= 15 is 0 Å². The molecule has 2 aromatic rings. The molecule has 0 aliphatic carbocycles. The minimum atomic E-state index is -1.31. The van der Waals surface area contributed by atoms with Crippen molar-refractivity contribution in [1.82, 2.24) is 0 Å². The van der Waals surface area contributed by atoms with Crippen molar-refractivity contribution in [2.75, 3.05) is 5.32 Å². The zero-order valence-corrected chi connectivity index (χ0v) is 10.6. The van der Waals surface area contributed by atoms with Gasteiger partial charge in [0.25, 0.3) is 11.6 Å². The summed E-state index contributed by atoms with van der Waals surface area (Å²) in [6.07, 6.45) is 0. The Bertz CT molecular complexity index is 680. The van der Waals surface area contributed by atoms with Crippen LogP contribution in [0.15, 0.2) is 48.5 Å². The summed E-state index contributed by atoms with van der Waals surface area (Å²) in [5.74, 6) is -1.79. The average molecular weight is 286 g/mol. The van der Waals surface area contributed by atoms with E-state index in [0.29, 0.717) is 5.56 Å². The molecule has 106 valence electrons. The lowest BCUT2D eigenvalue weighted by Gasteiger charge is -2.06. The van der Waals surface area contributed by atoms with Crippen LogP contribution >= 0.6 is 0 Å². The topological polar surface area (TPSA) is 110 Å². The second kappa shape index (κ2) is 5.83. The summed E-state index contributed by atoms with van der Waals surface area (Å²) in [5.41, 5.74) is -0.262. The number of amides is 1. The first-order valence-corrected chi connectivity index (χ1v) is 5.86. The Kier molecular flexibility index (Phi) is 3.94. The molecule has 0 saturated carbocycles. The molecule has 0 bridgehead atoms. The number of rotatable bonds is 4. The third-order valence-electron chi connectivity index (χ3n) is 2.67. The highest BCUT2D eigenvalue weighted by atomic mass is 16.6. The van der Waals surface area contributed by atoms with Gasteiger partial charge in [-0.3, -0.25) is 14.9 Å². The predicted molar refractivity (Wildman–Crippen MR) is 74.5 cm³/mol. The molecule has 2 N–H and O–H groups in total. The van der Waals surface area contributed by atoms with E-state index in [0.717, 1.165) is 18.2 Å². The van der Waals surface area contributed by atoms with E-state index in [1.165, 1.54) is 0 Å². The Morgan fingerprint density at radius 2 is 1.71 bits per heavy atom. The summed E-state index contributed by atoms with van der Waals surface area (Å²) >= 11 is 0. The lowest BCUT2D eigenvalue weighted by Crippen LogP contribution is -2.12. The fraction of sp³-hybridized carbons (Fsp3) is 0. The van der Waals surface area contributed by atoms with E-state index in [1.807, 2.05) is 0 Å². The zero-order valence-electron chi connectivity index (χ0n) is 10.6. The number of benzene rings is 2. The van der Waals surface area contributed by atoms with Crippen molar-refractivity contribution in [3.63, 3.8) is 0 Å². The number of anilines is 1. The van der Waals surface area contributed by atoms with Crippen LogP contribution in [-0.2, 0) is 0 Å². The van der Waals surface area contributed by atoms with Gasteiger partial charge in [-0.25, -0.2) is 4.79 Å². The van der Waals surface area contributed by atoms with Gasteiger partial charge in [0.2, 0.25) is 0 Å². The summed E-state index contributed by atoms with van der Waals surface area (Å²) in [5, 5.41) is 22.2. The number of carboxylic acids is 1. The van der Waals surface area contributed by atoms with Crippen LogP contribution in [0.3, 0.4) is 0 Å². The number of hydrogen-bond donors (Lipinski definition) is 2. The molecule has 0 unspecified atom stereocenters. The maximum Gasteiger partial charge on any atom is 0.336 e. The van der Waals surface area contributed by atoms with Gasteiger partial charge < -0.3 is 10.4 Å². The molecule has 7 nitrogen and oxygen atoms in total. The van der Waals surface area contributed by atoms with Gasteiger partial charge in [-0.1, -0.05) is 18.2 Å².